The normalized spacial score (nSPS) is 14.7. The van der Waals surface area contributed by atoms with Crippen LogP contribution in [0.2, 0.25) is 5.15 Å². The topological polar surface area (TPSA) is 25.8 Å². The molecule has 1 aromatic heterocycles. The lowest BCUT2D eigenvalue weighted by atomic mass is 10.1. The molecule has 0 aliphatic heterocycles. The summed E-state index contributed by atoms with van der Waals surface area (Å²) in [5.74, 6) is -3.17. The minimum absolute atomic E-state index is 0.158. The Bertz CT molecular complexity index is 676. The van der Waals surface area contributed by atoms with E-state index in [0.717, 1.165) is 25.0 Å². The van der Waals surface area contributed by atoms with Gasteiger partial charge in [-0.15, -0.1) is 0 Å². The van der Waals surface area contributed by atoms with Gasteiger partial charge in [0, 0.05) is 17.0 Å². The van der Waals surface area contributed by atoms with E-state index in [4.69, 9.17) is 11.6 Å². The Morgan fingerprint density at radius 2 is 1.70 bits per heavy atom. The van der Waals surface area contributed by atoms with Gasteiger partial charge in [0.1, 0.15) is 11.0 Å². The monoisotopic (exact) mass is 298 g/mol. The molecule has 0 unspecified atom stereocenters. The van der Waals surface area contributed by atoms with E-state index in [2.05, 4.69) is 9.97 Å². The average molecular weight is 299 g/mol. The largest absolute Gasteiger partial charge is 0.232 e. The van der Waals surface area contributed by atoms with Crippen molar-refractivity contribution in [1.29, 1.82) is 0 Å². The maximum Gasteiger partial charge on any atom is 0.194 e. The van der Waals surface area contributed by atoms with Crippen molar-refractivity contribution in [2.24, 2.45) is 0 Å². The number of benzene rings is 1. The molecule has 104 valence electrons. The van der Waals surface area contributed by atoms with E-state index in [-0.39, 0.29) is 16.6 Å². The summed E-state index contributed by atoms with van der Waals surface area (Å²) >= 11 is 6.04. The van der Waals surface area contributed by atoms with Crippen LogP contribution in [0.5, 0.6) is 0 Å². The second-order valence-corrected chi connectivity index (χ2v) is 5.23. The van der Waals surface area contributed by atoms with Crippen LogP contribution in [0.3, 0.4) is 0 Å². The lowest BCUT2D eigenvalue weighted by molar-refractivity contribution is 0.447. The second-order valence-electron chi connectivity index (χ2n) is 4.87. The number of halogens is 4. The Labute approximate surface area is 118 Å². The minimum atomic E-state index is -1.49. The molecular weight excluding hydrogens is 289 g/mol. The van der Waals surface area contributed by atoms with Gasteiger partial charge in [-0.25, -0.2) is 23.1 Å². The Morgan fingerprint density at radius 1 is 1.10 bits per heavy atom. The molecule has 0 spiro atoms. The zero-order valence-corrected chi connectivity index (χ0v) is 11.3. The van der Waals surface area contributed by atoms with Crippen molar-refractivity contribution in [2.45, 2.75) is 25.7 Å². The van der Waals surface area contributed by atoms with Gasteiger partial charge in [-0.1, -0.05) is 11.6 Å². The number of rotatable bonds is 2. The van der Waals surface area contributed by atoms with Crippen LogP contribution >= 0.6 is 11.6 Å². The fourth-order valence-electron chi connectivity index (χ4n) is 2.00. The summed E-state index contributed by atoms with van der Waals surface area (Å²) in [4.78, 5) is 8.50. The van der Waals surface area contributed by atoms with Gasteiger partial charge in [-0.05, 0) is 31.9 Å². The van der Waals surface area contributed by atoms with Gasteiger partial charge in [0.2, 0.25) is 0 Å². The highest BCUT2D eigenvalue weighted by atomic mass is 35.5. The number of nitrogens with zero attached hydrogens (tertiary/aromatic N) is 2. The average Bonchev–Trinajstić information content (AvgIpc) is 3.22. The lowest BCUT2D eigenvalue weighted by Crippen LogP contribution is -2.01. The number of aromatic nitrogens is 2. The fourth-order valence-corrected chi connectivity index (χ4v) is 2.18. The van der Waals surface area contributed by atoms with Gasteiger partial charge < -0.3 is 0 Å². The first-order chi connectivity index (χ1) is 9.47. The Hall–Kier alpha value is -1.62. The van der Waals surface area contributed by atoms with Crippen LogP contribution in [-0.2, 0) is 0 Å². The van der Waals surface area contributed by atoms with Gasteiger partial charge in [-0.3, -0.25) is 0 Å². The highest BCUT2D eigenvalue weighted by Crippen LogP contribution is 2.40. The molecule has 1 aromatic carbocycles. The number of hydrogen-bond donors (Lipinski definition) is 0. The molecule has 1 heterocycles. The summed E-state index contributed by atoms with van der Waals surface area (Å²) in [5, 5.41) is 0.252. The molecule has 20 heavy (non-hydrogen) atoms. The highest BCUT2D eigenvalue weighted by molar-refractivity contribution is 6.30. The third-order valence-electron chi connectivity index (χ3n) is 3.30. The van der Waals surface area contributed by atoms with Gasteiger partial charge in [0.05, 0.1) is 5.69 Å². The van der Waals surface area contributed by atoms with Crippen molar-refractivity contribution < 1.29 is 13.2 Å². The van der Waals surface area contributed by atoms with Gasteiger partial charge in [0.25, 0.3) is 0 Å². The number of hydrogen-bond acceptors (Lipinski definition) is 2. The fraction of sp³-hybridized carbons (Fsp3) is 0.286. The summed E-state index contributed by atoms with van der Waals surface area (Å²) in [7, 11) is 0. The molecule has 2 nitrogen and oxygen atoms in total. The lowest BCUT2D eigenvalue weighted by Gasteiger charge is -2.10. The molecule has 1 fully saturated rings. The predicted molar refractivity (Wildman–Crippen MR) is 69.1 cm³/mol. The SMILES string of the molecule is Cc1c(Cl)nc(C2CC2)nc1-c1cc(F)c(F)c(F)c1. The van der Waals surface area contributed by atoms with Crippen molar-refractivity contribution in [3.05, 3.63) is 46.1 Å². The predicted octanol–water partition coefficient (Wildman–Crippen LogP) is 4.40. The Morgan fingerprint density at radius 3 is 2.25 bits per heavy atom. The second kappa shape index (κ2) is 4.74. The molecule has 1 aliphatic carbocycles. The summed E-state index contributed by atoms with van der Waals surface area (Å²) in [6, 6.07) is 1.83. The van der Waals surface area contributed by atoms with E-state index in [1.807, 2.05) is 0 Å². The van der Waals surface area contributed by atoms with Crippen LogP contribution < -0.4 is 0 Å². The van der Waals surface area contributed by atoms with E-state index in [9.17, 15) is 13.2 Å². The van der Waals surface area contributed by atoms with Gasteiger partial charge in [0.15, 0.2) is 17.5 Å². The van der Waals surface area contributed by atoms with E-state index in [0.29, 0.717) is 17.1 Å². The smallest absolute Gasteiger partial charge is 0.194 e. The van der Waals surface area contributed by atoms with Gasteiger partial charge >= 0.3 is 0 Å². The van der Waals surface area contributed by atoms with Crippen LogP contribution in [0.1, 0.15) is 30.1 Å². The molecule has 0 amide bonds. The standard InChI is InChI=1S/C14H10ClF3N2/c1-6-12(8-4-9(16)11(18)10(17)5-8)19-14(7-2-3-7)20-13(6)15/h4-5,7H,2-3H2,1H3. The molecular formula is C14H10ClF3N2. The molecule has 6 heteroatoms. The van der Waals surface area contributed by atoms with E-state index < -0.39 is 17.5 Å². The summed E-state index contributed by atoms with van der Waals surface area (Å²) in [6.45, 7) is 1.66. The van der Waals surface area contributed by atoms with Crippen molar-refractivity contribution in [3.63, 3.8) is 0 Å². The van der Waals surface area contributed by atoms with Crippen LogP contribution in [0, 0.1) is 24.4 Å². The van der Waals surface area contributed by atoms with Crippen LogP contribution in [0.4, 0.5) is 13.2 Å². The molecule has 0 atom stereocenters. The first kappa shape index (κ1) is 13.4. The zero-order chi connectivity index (χ0) is 14.4. The van der Waals surface area contributed by atoms with Crippen LogP contribution in [-0.4, -0.2) is 9.97 Å². The third-order valence-corrected chi connectivity index (χ3v) is 3.67. The van der Waals surface area contributed by atoms with Crippen LogP contribution in [0.15, 0.2) is 12.1 Å². The Kier molecular flexibility index (Phi) is 3.17. The first-order valence-electron chi connectivity index (χ1n) is 6.16. The van der Waals surface area contributed by atoms with Crippen molar-refractivity contribution in [3.8, 4) is 11.3 Å². The minimum Gasteiger partial charge on any atom is -0.232 e. The van der Waals surface area contributed by atoms with Crippen molar-refractivity contribution in [2.75, 3.05) is 0 Å². The van der Waals surface area contributed by atoms with Crippen molar-refractivity contribution in [1.82, 2.24) is 9.97 Å². The highest BCUT2D eigenvalue weighted by Gasteiger charge is 2.28. The molecule has 3 rings (SSSR count). The summed E-state index contributed by atoms with van der Waals surface area (Å²) in [5.41, 5.74) is 1.01. The molecule has 1 saturated carbocycles. The maximum absolute atomic E-state index is 13.3. The molecule has 0 bridgehead atoms. The first-order valence-corrected chi connectivity index (χ1v) is 6.54. The molecule has 2 aromatic rings. The zero-order valence-electron chi connectivity index (χ0n) is 10.6. The quantitative estimate of drug-likeness (QED) is 0.606. The Balaban J connectivity index is 2.18. The summed E-state index contributed by atoms with van der Waals surface area (Å²) < 4.78 is 39.7. The molecule has 1 aliphatic rings. The van der Waals surface area contributed by atoms with E-state index in [1.165, 1.54) is 0 Å². The molecule has 0 saturated heterocycles. The maximum atomic E-state index is 13.3. The van der Waals surface area contributed by atoms with Crippen molar-refractivity contribution >= 4 is 11.6 Å². The third kappa shape index (κ3) is 2.26. The summed E-state index contributed by atoms with van der Waals surface area (Å²) in [6.07, 6.45) is 1.95. The molecule has 0 radical (unpaired) electrons. The van der Waals surface area contributed by atoms with Crippen LogP contribution in [0.25, 0.3) is 11.3 Å². The van der Waals surface area contributed by atoms with E-state index >= 15 is 0 Å². The van der Waals surface area contributed by atoms with E-state index in [1.54, 1.807) is 6.92 Å². The van der Waals surface area contributed by atoms with Gasteiger partial charge in [-0.2, -0.15) is 0 Å². The molecule has 0 N–H and O–H groups in total.